The fourth-order valence-electron chi connectivity index (χ4n) is 3.82. The van der Waals surface area contributed by atoms with Crippen LogP contribution in [0.2, 0.25) is 0 Å². The topological polar surface area (TPSA) is 101 Å². The Labute approximate surface area is 219 Å². The molecule has 0 unspecified atom stereocenters. The minimum Gasteiger partial charge on any atom is -0.326 e. The van der Waals surface area contributed by atoms with E-state index in [0.717, 1.165) is 10.2 Å². The molecule has 8 nitrogen and oxygen atoms in total. The maximum atomic E-state index is 13.2. The van der Waals surface area contributed by atoms with Crippen molar-refractivity contribution in [1.29, 1.82) is 0 Å². The van der Waals surface area contributed by atoms with Gasteiger partial charge in [0.05, 0.1) is 27.3 Å². The van der Waals surface area contributed by atoms with Crippen molar-refractivity contribution in [3.05, 3.63) is 83.2 Å². The number of benzene rings is 3. The molecule has 0 fully saturated rings. The maximum Gasteiger partial charge on any atom is 0.279 e. The third-order valence-electron chi connectivity index (χ3n) is 5.47. The quantitative estimate of drug-likeness (QED) is 0.360. The van der Waals surface area contributed by atoms with Gasteiger partial charge in [0, 0.05) is 24.7 Å². The van der Waals surface area contributed by atoms with Gasteiger partial charge in [-0.25, -0.2) is 8.42 Å². The number of nitrogens with one attached hydrogen (secondary N) is 1. The summed E-state index contributed by atoms with van der Waals surface area (Å²) in [7, 11) is -3.81. The Balaban J connectivity index is 1.67. The number of anilines is 2. The summed E-state index contributed by atoms with van der Waals surface area (Å²) in [5, 5.41) is 2.73. The number of thiazole rings is 1. The number of fused-ring (bicyclic) bond motifs is 1. The first-order valence-electron chi connectivity index (χ1n) is 11.4. The number of terminal acetylenes is 1. The van der Waals surface area contributed by atoms with Gasteiger partial charge in [-0.1, -0.05) is 35.5 Å². The number of hydrogen-bond acceptors (Lipinski definition) is 5. The van der Waals surface area contributed by atoms with Gasteiger partial charge in [-0.2, -0.15) is 4.99 Å². The highest BCUT2D eigenvalue weighted by atomic mass is 32.2. The van der Waals surface area contributed by atoms with Crippen LogP contribution in [0.1, 0.15) is 24.2 Å². The zero-order chi connectivity index (χ0) is 26.6. The second kappa shape index (κ2) is 10.8. The predicted molar refractivity (Wildman–Crippen MR) is 146 cm³/mol. The van der Waals surface area contributed by atoms with E-state index in [2.05, 4.69) is 16.2 Å². The van der Waals surface area contributed by atoms with E-state index in [1.54, 1.807) is 47.9 Å². The molecular weight excluding hydrogens is 508 g/mol. The SMILES string of the molecule is C#CCn1c(=NC(=O)c2ccc(S(=O)(=O)N(CC)c3ccccc3)cc2)sc2cc(NC(C)=O)ccc21. The summed E-state index contributed by atoms with van der Waals surface area (Å²) >= 11 is 1.27. The highest BCUT2D eigenvalue weighted by Gasteiger charge is 2.23. The standard InChI is InChI=1S/C27H24N4O4S2/c1-4-17-30-24-16-13-21(28-19(3)32)18-25(24)36-27(30)29-26(33)20-11-14-23(15-12-20)37(34,35)31(5-2)22-9-7-6-8-10-22/h1,6-16,18H,5,17H2,2-3H3,(H,28,32). The van der Waals surface area contributed by atoms with Crippen molar-refractivity contribution >= 4 is 54.8 Å². The summed E-state index contributed by atoms with van der Waals surface area (Å²) in [5.74, 6) is 1.85. The van der Waals surface area contributed by atoms with E-state index in [1.165, 1.54) is 46.8 Å². The van der Waals surface area contributed by atoms with Crippen LogP contribution in [0.15, 0.2) is 82.7 Å². The molecule has 37 heavy (non-hydrogen) atoms. The Morgan fingerprint density at radius 2 is 1.78 bits per heavy atom. The lowest BCUT2D eigenvalue weighted by atomic mass is 10.2. The van der Waals surface area contributed by atoms with Crippen molar-refractivity contribution in [3.63, 3.8) is 0 Å². The van der Waals surface area contributed by atoms with E-state index in [0.29, 0.717) is 16.2 Å². The van der Waals surface area contributed by atoms with Crippen molar-refractivity contribution in [3.8, 4) is 12.3 Å². The van der Waals surface area contributed by atoms with Crippen molar-refractivity contribution in [1.82, 2.24) is 4.57 Å². The van der Waals surface area contributed by atoms with Gasteiger partial charge in [-0.3, -0.25) is 13.9 Å². The third-order valence-corrected chi connectivity index (χ3v) is 8.43. The summed E-state index contributed by atoms with van der Waals surface area (Å²) in [6, 6.07) is 19.9. The average Bonchev–Trinajstić information content (AvgIpc) is 3.21. The van der Waals surface area contributed by atoms with Gasteiger partial charge in [-0.05, 0) is 61.5 Å². The molecule has 0 aliphatic rings. The van der Waals surface area contributed by atoms with Crippen LogP contribution >= 0.6 is 11.3 Å². The van der Waals surface area contributed by atoms with Crippen molar-refractivity contribution in [2.24, 2.45) is 4.99 Å². The number of para-hydroxylation sites is 1. The molecule has 1 heterocycles. The Morgan fingerprint density at radius 1 is 1.08 bits per heavy atom. The highest BCUT2D eigenvalue weighted by Crippen LogP contribution is 2.24. The smallest absolute Gasteiger partial charge is 0.279 e. The van der Waals surface area contributed by atoms with E-state index in [-0.39, 0.29) is 29.5 Å². The Hall–Kier alpha value is -4.20. The number of carbonyl (C=O) groups is 2. The molecular formula is C27H24N4O4S2. The van der Waals surface area contributed by atoms with Crippen LogP contribution in [-0.4, -0.2) is 31.3 Å². The molecule has 0 radical (unpaired) electrons. The molecule has 2 amide bonds. The molecule has 0 atom stereocenters. The molecule has 188 valence electrons. The van der Waals surface area contributed by atoms with Gasteiger partial charge in [0.25, 0.3) is 15.9 Å². The predicted octanol–water partition coefficient (Wildman–Crippen LogP) is 4.25. The van der Waals surface area contributed by atoms with Crippen LogP contribution in [0.5, 0.6) is 0 Å². The van der Waals surface area contributed by atoms with E-state index in [1.807, 2.05) is 12.1 Å². The van der Waals surface area contributed by atoms with Crippen LogP contribution in [-0.2, 0) is 21.4 Å². The molecule has 4 aromatic rings. The zero-order valence-electron chi connectivity index (χ0n) is 20.2. The molecule has 1 N–H and O–H groups in total. The molecule has 0 aliphatic heterocycles. The number of rotatable bonds is 7. The Bertz CT molecular complexity index is 1680. The lowest BCUT2D eigenvalue weighted by molar-refractivity contribution is -0.114. The van der Waals surface area contributed by atoms with E-state index >= 15 is 0 Å². The average molecular weight is 533 g/mol. The van der Waals surface area contributed by atoms with Crippen LogP contribution in [0.4, 0.5) is 11.4 Å². The van der Waals surface area contributed by atoms with Crippen LogP contribution in [0.3, 0.4) is 0 Å². The summed E-state index contributed by atoms with van der Waals surface area (Å²) in [5.41, 5.74) is 2.21. The number of hydrogen-bond donors (Lipinski definition) is 1. The van der Waals surface area contributed by atoms with Gasteiger partial charge in [0.15, 0.2) is 4.80 Å². The Kier molecular flexibility index (Phi) is 7.57. The minimum atomic E-state index is -3.81. The summed E-state index contributed by atoms with van der Waals surface area (Å²) in [4.78, 5) is 29.1. The lowest BCUT2D eigenvalue weighted by Gasteiger charge is -2.22. The second-order valence-corrected chi connectivity index (χ2v) is 10.9. The van der Waals surface area contributed by atoms with E-state index in [4.69, 9.17) is 6.42 Å². The van der Waals surface area contributed by atoms with Crippen molar-refractivity contribution in [2.45, 2.75) is 25.3 Å². The first kappa shape index (κ1) is 25.9. The molecule has 0 aliphatic carbocycles. The molecule has 3 aromatic carbocycles. The van der Waals surface area contributed by atoms with E-state index in [9.17, 15) is 18.0 Å². The first-order valence-corrected chi connectivity index (χ1v) is 13.6. The lowest BCUT2D eigenvalue weighted by Crippen LogP contribution is -2.30. The van der Waals surface area contributed by atoms with Gasteiger partial charge in [0.1, 0.15) is 0 Å². The zero-order valence-corrected chi connectivity index (χ0v) is 21.8. The molecule has 1 aromatic heterocycles. The normalized spacial score (nSPS) is 11.8. The number of nitrogens with zero attached hydrogens (tertiary/aromatic N) is 3. The van der Waals surface area contributed by atoms with Crippen LogP contribution in [0.25, 0.3) is 10.2 Å². The Morgan fingerprint density at radius 3 is 2.41 bits per heavy atom. The van der Waals surface area contributed by atoms with E-state index < -0.39 is 15.9 Å². The van der Waals surface area contributed by atoms with Gasteiger partial charge in [0.2, 0.25) is 5.91 Å². The largest absolute Gasteiger partial charge is 0.326 e. The highest BCUT2D eigenvalue weighted by molar-refractivity contribution is 7.92. The fourth-order valence-corrected chi connectivity index (χ4v) is 6.36. The third kappa shape index (κ3) is 5.48. The molecule has 10 heteroatoms. The monoisotopic (exact) mass is 532 g/mol. The summed E-state index contributed by atoms with van der Waals surface area (Å²) < 4.78 is 30.3. The van der Waals surface area contributed by atoms with Crippen LogP contribution < -0.4 is 14.4 Å². The number of aromatic nitrogens is 1. The fraction of sp³-hybridized carbons (Fsp3) is 0.148. The minimum absolute atomic E-state index is 0.0736. The number of carbonyl (C=O) groups excluding carboxylic acids is 2. The van der Waals surface area contributed by atoms with Crippen molar-refractivity contribution in [2.75, 3.05) is 16.2 Å². The molecule has 0 spiro atoms. The number of amides is 2. The molecule has 4 rings (SSSR count). The van der Waals surface area contributed by atoms with Gasteiger partial charge < -0.3 is 9.88 Å². The second-order valence-electron chi connectivity index (χ2n) is 7.99. The molecule has 0 saturated heterocycles. The van der Waals surface area contributed by atoms with Gasteiger partial charge in [-0.15, -0.1) is 6.42 Å². The maximum absolute atomic E-state index is 13.2. The molecule has 0 bridgehead atoms. The van der Waals surface area contributed by atoms with Crippen molar-refractivity contribution < 1.29 is 18.0 Å². The summed E-state index contributed by atoms with van der Waals surface area (Å²) in [6.07, 6.45) is 5.54. The summed E-state index contributed by atoms with van der Waals surface area (Å²) in [6.45, 7) is 3.65. The van der Waals surface area contributed by atoms with Crippen LogP contribution in [0, 0.1) is 12.3 Å². The molecule has 0 saturated carbocycles. The van der Waals surface area contributed by atoms with Gasteiger partial charge >= 0.3 is 0 Å². The first-order chi connectivity index (χ1) is 17.7. The number of sulfonamides is 1.